The zero-order valence-corrected chi connectivity index (χ0v) is 11.4. The Kier molecular flexibility index (Phi) is 4.76. The molecule has 19 heavy (non-hydrogen) atoms. The Balaban J connectivity index is 1.83. The molecule has 1 aliphatic rings. The van der Waals surface area contributed by atoms with Crippen molar-refractivity contribution >= 4 is 11.6 Å². The molecule has 0 aromatic heterocycles. The molecular weight excluding hydrogens is 244 g/mol. The average Bonchev–Trinajstić information content (AvgIpc) is 2.39. The van der Waals surface area contributed by atoms with Crippen molar-refractivity contribution in [3.8, 4) is 5.75 Å². The summed E-state index contributed by atoms with van der Waals surface area (Å²) in [6.45, 7) is 2.42. The molecule has 2 rings (SSSR count). The van der Waals surface area contributed by atoms with E-state index in [9.17, 15) is 4.79 Å². The largest absolute Gasteiger partial charge is 0.497 e. The Hall–Kier alpha value is -1.59. The van der Waals surface area contributed by atoms with E-state index in [1.165, 1.54) is 0 Å². The van der Waals surface area contributed by atoms with Gasteiger partial charge in [-0.05, 0) is 31.3 Å². The fraction of sp³-hybridized carbons (Fsp3) is 0.500. The van der Waals surface area contributed by atoms with Gasteiger partial charge in [-0.2, -0.15) is 0 Å². The normalized spacial score (nSPS) is 20.0. The van der Waals surface area contributed by atoms with E-state index in [0.29, 0.717) is 13.0 Å². The lowest BCUT2D eigenvalue weighted by atomic mass is 10.2. The molecule has 1 unspecified atom stereocenters. The van der Waals surface area contributed by atoms with Crippen molar-refractivity contribution in [2.45, 2.75) is 12.5 Å². The van der Waals surface area contributed by atoms with Gasteiger partial charge in [0.25, 0.3) is 0 Å². The monoisotopic (exact) mass is 264 g/mol. The van der Waals surface area contributed by atoms with E-state index in [-0.39, 0.29) is 12.0 Å². The number of rotatable bonds is 4. The molecule has 1 amide bonds. The lowest BCUT2D eigenvalue weighted by Gasteiger charge is -2.29. The van der Waals surface area contributed by atoms with Crippen LogP contribution >= 0.6 is 0 Å². The third kappa shape index (κ3) is 4.22. The number of amides is 1. The van der Waals surface area contributed by atoms with Crippen LogP contribution in [-0.4, -0.2) is 50.8 Å². The molecule has 1 aromatic rings. The van der Waals surface area contributed by atoms with Gasteiger partial charge in [0.05, 0.1) is 26.2 Å². The van der Waals surface area contributed by atoms with Crippen LogP contribution in [0.2, 0.25) is 0 Å². The second-order valence-corrected chi connectivity index (χ2v) is 4.74. The number of ether oxygens (including phenoxy) is 2. The molecule has 0 saturated carbocycles. The summed E-state index contributed by atoms with van der Waals surface area (Å²) in [4.78, 5) is 14.1. The van der Waals surface area contributed by atoms with Crippen LogP contribution in [0.5, 0.6) is 5.75 Å². The average molecular weight is 264 g/mol. The molecule has 5 nitrogen and oxygen atoms in total. The molecule has 1 fully saturated rings. The van der Waals surface area contributed by atoms with E-state index in [1.54, 1.807) is 7.11 Å². The fourth-order valence-electron chi connectivity index (χ4n) is 2.08. The first kappa shape index (κ1) is 13.8. The molecule has 0 spiro atoms. The van der Waals surface area contributed by atoms with Gasteiger partial charge in [-0.25, -0.2) is 0 Å². The number of benzene rings is 1. The summed E-state index contributed by atoms with van der Waals surface area (Å²) in [5, 5.41) is 2.86. The molecule has 104 valence electrons. The molecule has 0 aliphatic carbocycles. The summed E-state index contributed by atoms with van der Waals surface area (Å²) in [6, 6.07) is 7.29. The minimum atomic E-state index is -0.0227. The van der Waals surface area contributed by atoms with Gasteiger partial charge in [-0.3, -0.25) is 4.79 Å². The van der Waals surface area contributed by atoms with Crippen LogP contribution in [0.1, 0.15) is 6.42 Å². The maximum absolute atomic E-state index is 11.9. The van der Waals surface area contributed by atoms with Crippen LogP contribution in [0.3, 0.4) is 0 Å². The van der Waals surface area contributed by atoms with Crippen LogP contribution in [0.25, 0.3) is 0 Å². The summed E-state index contributed by atoms with van der Waals surface area (Å²) < 4.78 is 10.6. The number of methoxy groups -OCH3 is 1. The molecule has 1 aromatic carbocycles. The van der Waals surface area contributed by atoms with Crippen LogP contribution in [0.15, 0.2) is 24.3 Å². The minimum Gasteiger partial charge on any atom is -0.497 e. The first-order valence-electron chi connectivity index (χ1n) is 6.41. The number of carbonyl (C=O) groups is 1. The highest BCUT2D eigenvalue weighted by atomic mass is 16.5. The van der Waals surface area contributed by atoms with Crippen molar-refractivity contribution in [2.24, 2.45) is 0 Å². The van der Waals surface area contributed by atoms with E-state index in [4.69, 9.17) is 9.47 Å². The molecule has 1 atom stereocenters. The van der Waals surface area contributed by atoms with Gasteiger partial charge in [-0.15, -0.1) is 0 Å². The Morgan fingerprint density at radius 3 is 2.84 bits per heavy atom. The number of likely N-dealkylation sites (N-methyl/N-ethyl adjacent to an activating group) is 1. The predicted octanol–water partition coefficient (Wildman–Crippen LogP) is 1.35. The van der Waals surface area contributed by atoms with Gasteiger partial charge in [0, 0.05) is 18.8 Å². The number of morpholine rings is 1. The van der Waals surface area contributed by atoms with Crippen molar-refractivity contribution in [1.29, 1.82) is 0 Å². The van der Waals surface area contributed by atoms with Crippen molar-refractivity contribution < 1.29 is 14.3 Å². The topological polar surface area (TPSA) is 50.8 Å². The predicted molar refractivity (Wildman–Crippen MR) is 73.5 cm³/mol. The van der Waals surface area contributed by atoms with Crippen LogP contribution in [0, 0.1) is 0 Å². The highest BCUT2D eigenvalue weighted by molar-refractivity contribution is 5.91. The highest BCUT2D eigenvalue weighted by Gasteiger charge is 2.20. The van der Waals surface area contributed by atoms with Gasteiger partial charge in [0.1, 0.15) is 5.75 Å². The van der Waals surface area contributed by atoms with Crippen LogP contribution < -0.4 is 10.1 Å². The van der Waals surface area contributed by atoms with Gasteiger partial charge < -0.3 is 19.7 Å². The zero-order valence-electron chi connectivity index (χ0n) is 11.4. The van der Waals surface area contributed by atoms with Gasteiger partial charge in [0.15, 0.2) is 0 Å². The molecule has 1 heterocycles. The summed E-state index contributed by atoms with van der Waals surface area (Å²) in [7, 11) is 3.65. The number of carbonyl (C=O) groups excluding carboxylic acids is 1. The molecule has 0 bridgehead atoms. The maximum atomic E-state index is 11.9. The first-order valence-corrected chi connectivity index (χ1v) is 6.41. The van der Waals surface area contributed by atoms with Gasteiger partial charge >= 0.3 is 0 Å². The minimum absolute atomic E-state index is 0.0167. The van der Waals surface area contributed by atoms with E-state index in [0.717, 1.165) is 24.5 Å². The fourth-order valence-corrected chi connectivity index (χ4v) is 2.08. The van der Waals surface area contributed by atoms with Crippen molar-refractivity contribution in [3.63, 3.8) is 0 Å². The van der Waals surface area contributed by atoms with E-state index >= 15 is 0 Å². The number of anilines is 1. The van der Waals surface area contributed by atoms with Gasteiger partial charge in [-0.1, -0.05) is 0 Å². The summed E-state index contributed by atoms with van der Waals surface area (Å²) in [5.74, 6) is 0.751. The zero-order chi connectivity index (χ0) is 13.7. The third-order valence-corrected chi connectivity index (χ3v) is 3.13. The van der Waals surface area contributed by atoms with Crippen molar-refractivity contribution in [1.82, 2.24) is 4.90 Å². The molecular formula is C14H20N2O3. The van der Waals surface area contributed by atoms with Crippen LogP contribution in [-0.2, 0) is 9.53 Å². The Bertz CT molecular complexity index is 419. The molecule has 1 saturated heterocycles. The summed E-state index contributed by atoms with van der Waals surface area (Å²) in [5.41, 5.74) is 0.773. The molecule has 1 aliphatic heterocycles. The molecule has 0 radical (unpaired) electrons. The maximum Gasteiger partial charge on any atom is 0.227 e. The van der Waals surface area contributed by atoms with E-state index in [2.05, 4.69) is 10.2 Å². The number of nitrogens with one attached hydrogen (secondary N) is 1. The first-order chi connectivity index (χ1) is 9.17. The number of nitrogens with zero attached hydrogens (tertiary/aromatic N) is 1. The molecule has 5 heteroatoms. The smallest absolute Gasteiger partial charge is 0.227 e. The van der Waals surface area contributed by atoms with Crippen molar-refractivity contribution in [2.75, 3.05) is 39.2 Å². The lowest BCUT2D eigenvalue weighted by molar-refractivity contribution is -0.120. The standard InChI is InChI=1S/C14H20N2O3/c1-16-7-8-19-13(10-16)9-14(17)15-11-3-5-12(18-2)6-4-11/h3-6,13H,7-10H2,1-2H3,(H,15,17). The Morgan fingerprint density at radius 2 is 2.21 bits per heavy atom. The van der Waals surface area contributed by atoms with Crippen LogP contribution in [0.4, 0.5) is 5.69 Å². The second kappa shape index (κ2) is 6.54. The second-order valence-electron chi connectivity index (χ2n) is 4.74. The van der Waals surface area contributed by atoms with E-state index < -0.39 is 0 Å². The molecule has 1 N–H and O–H groups in total. The summed E-state index contributed by atoms with van der Waals surface area (Å²) in [6.07, 6.45) is 0.369. The number of hydrogen-bond acceptors (Lipinski definition) is 4. The third-order valence-electron chi connectivity index (χ3n) is 3.13. The van der Waals surface area contributed by atoms with E-state index in [1.807, 2.05) is 31.3 Å². The quantitative estimate of drug-likeness (QED) is 0.892. The highest BCUT2D eigenvalue weighted by Crippen LogP contribution is 2.16. The van der Waals surface area contributed by atoms with Gasteiger partial charge in [0.2, 0.25) is 5.91 Å². The lowest BCUT2D eigenvalue weighted by Crippen LogP contribution is -2.41. The Morgan fingerprint density at radius 1 is 1.47 bits per heavy atom. The number of hydrogen-bond donors (Lipinski definition) is 1. The summed E-state index contributed by atoms with van der Waals surface area (Å²) >= 11 is 0. The van der Waals surface area contributed by atoms with Crippen molar-refractivity contribution in [3.05, 3.63) is 24.3 Å². The Labute approximate surface area is 113 Å². The SMILES string of the molecule is COc1ccc(NC(=O)CC2CN(C)CCO2)cc1.